The van der Waals surface area contributed by atoms with Gasteiger partial charge in [-0.3, -0.25) is 0 Å². The number of rotatable bonds is 4. The molecule has 1 heterocycles. The molecule has 0 fully saturated rings. The van der Waals surface area contributed by atoms with Crippen molar-refractivity contribution in [1.29, 1.82) is 0 Å². The van der Waals surface area contributed by atoms with Crippen LogP contribution < -0.4 is 0 Å². The van der Waals surface area contributed by atoms with Gasteiger partial charge in [0.1, 0.15) is 24.5 Å². The van der Waals surface area contributed by atoms with E-state index < -0.39 is 17.1 Å². The molecule has 0 aliphatic carbocycles. The lowest BCUT2D eigenvalue weighted by Crippen LogP contribution is -2.34. The van der Waals surface area contributed by atoms with Crippen LogP contribution >= 0.6 is 0 Å². The van der Waals surface area contributed by atoms with Gasteiger partial charge in [-0.15, -0.1) is 0 Å². The van der Waals surface area contributed by atoms with Crippen LogP contribution in [-0.2, 0) is 6.54 Å². The number of aromatic nitrogens is 2. The van der Waals surface area contributed by atoms with Crippen molar-refractivity contribution in [2.75, 3.05) is 6.61 Å². The Morgan fingerprint density at radius 1 is 1.79 bits per heavy atom. The molecule has 1 aromatic rings. The Balaban J connectivity index is 2.86. The van der Waals surface area contributed by atoms with Crippen molar-refractivity contribution in [2.45, 2.75) is 19.1 Å². The number of imidazole rings is 1. The molecule has 0 saturated heterocycles. The van der Waals surface area contributed by atoms with Gasteiger partial charge in [0.2, 0.25) is 0 Å². The predicted molar refractivity (Wildman–Crippen MR) is 46.6 cm³/mol. The SMILES string of the molecule is C[C@](O)(CO)Cn1ccnc1[N+](=O)[O-]. The van der Waals surface area contributed by atoms with Gasteiger partial charge < -0.3 is 20.3 Å². The fraction of sp³-hybridized carbons (Fsp3) is 0.571. The van der Waals surface area contributed by atoms with Gasteiger partial charge in [-0.2, -0.15) is 0 Å². The number of nitro groups is 1. The molecule has 0 spiro atoms. The number of hydrogen-bond donors (Lipinski definition) is 2. The largest absolute Gasteiger partial charge is 0.434 e. The molecular formula is C7H11N3O4. The maximum absolute atomic E-state index is 10.4. The highest BCUT2D eigenvalue weighted by Crippen LogP contribution is 2.13. The van der Waals surface area contributed by atoms with Crippen LogP contribution in [0.1, 0.15) is 6.92 Å². The molecule has 0 bridgehead atoms. The fourth-order valence-electron chi connectivity index (χ4n) is 1.01. The van der Waals surface area contributed by atoms with E-state index in [1.54, 1.807) is 0 Å². The van der Waals surface area contributed by atoms with Gasteiger partial charge in [0.25, 0.3) is 0 Å². The maximum Gasteiger partial charge on any atom is 0.434 e. The zero-order valence-corrected chi connectivity index (χ0v) is 7.62. The average molecular weight is 201 g/mol. The number of hydrogen-bond acceptors (Lipinski definition) is 5. The molecule has 0 radical (unpaired) electrons. The van der Waals surface area contributed by atoms with Crippen molar-refractivity contribution < 1.29 is 15.1 Å². The second kappa shape index (κ2) is 3.72. The third-order valence-corrected chi connectivity index (χ3v) is 1.71. The summed E-state index contributed by atoms with van der Waals surface area (Å²) in [6, 6.07) is 0. The van der Waals surface area contributed by atoms with Gasteiger partial charge in [0.05, 0.1) is 6.61 Å². The standard InChI is InChI=1S/C7H11N3O4/c1-7(12,5-11)4-9-3-2-8-6(9)10(13)14/h2-3,11-12H,4-5H2,1H3/t7-/m1/s1. The van der Waals surface area contributed by atoms with Crippen LogP contribution in [0.4, 0.5) is 5.95 Å². The normalized spacial score (nSPS) is 15.1. The third kappa shape index (κ3) is 2.27. The monoisotopic (exact) mass is 201 g/mol. The molecule has 78 valence electrons. The Hall–Kier alpha value is -1.47. The number of nitrogens with zero attached hydrogens (tertiary/aromatic N) is 3. The Morgan fingerprint density at radius 2 is 2.43 bits per heavy atom. The molecule has 1 rings (SSSR count). The van der Waals surface area contributed by atoms with Gasteiger partial charge in [-0.05, 0) is 11.8 Å². The first-order valence-electron chi connectivity index (χ1n) is 3.95. The summed E-state index contributed by atoms with van der Waals surface area (Å²) in [5.41, 5.74) is -1.38. The Kier molecular flexibility index (Phi) is 2.82. The molecule has 7 nitrogen and oxygen atoms in total. The lowest BCUT2D eigenvalue weighted by Gasteiger charge is -2.18. The van der Waals surface area contributed by atoms with Crippen LogP contribution in [0.15, 0.2) is 12.4 Å². The van der Waals surface area contributed by atoms with Crippen molar-refractivity contribution in [2.24, 2.45) is 0 Å². The van der Waals surface area contributed by atoms with Gasteiger partial charge in [-0.1, -0.05) is 4.98 Å². The molecule has 1 atom stereocenters. The van der Waals surface area contributed by atoms with Crippen molar-refractivity contribution >= 4 is 5.95 Å². The van der Waals surface area contributed by atoms with E-state index in [0.29, 0.717) is 0 Å². The van der Waals surface area contributed by atoms with Crippen LogP contribution in [-0.4, -0.2) is 36.9 Å². The summed E-state index contributed by atoms with van der Waals surface area (Å²) < 4.78 is 1.18. The first kappa shape index (κ1) is 10.6. The Bertz CT molecular complexity index is 333. The Morgan fingerprint density at radius 3 is 2.93 bits per heavy atom. The predicted octanol–water partition coefficient (Wildman–Crippen LogP) is -0.465. The third-order valence-electron chi connectivity index (χ3n) is 1.71. The highest BCUT2D eigenvalue weighted by Gasteiger charge is 2.25. The molecule has 7 heteroatoms. The first-order valence-corrected chi connectivity index (χ1v) is 3.95. The van der Waals surface area contributed by atoms with Gasteiger partial charge in [0.15, 0.2) is 0 Å². The molecule has 1 aromatic heterocycles. The molecule has 0 aliphatic rings. The van der Waals surface area contributed by atoms with E-state index in [9.17, 15) is 15.2 Å². The quantitative estimate of drug-likeness (QED) is 0.506. The topological polar surface area (TPSA) is 101 Å². The molecule has 0 unspecified atom stereocenters. The van der Waals surface area contributed by atoms with E-state index in [-0.39, 0.29) is 12.5 Å². The smallest absolute Gasteiger partial charge is 0.393 e. The minimum absolute atomic E-state index is 0.0696. The molecule has 0 aromatic carbocycles. The number of aliphatic hydroxyl groups excluding tert-OH is 1. The summed E-state index contributed by atoms with van der Waals surface area (Å²) in [5, 5.41) is 28.7. The average Bonchev–Trinajstić information content (AvgIpc) is 2.51. The second-order valence-electron chi connectivity index (χ2n) is 3.27. The molecule has 0 saturated carbocycles. The molecule has 2 N–H and O–H groups in total. The van der Waals surface area contributed by atoms with Gasteiger partial charge in [-0.25, -0.2) is 4.57 Å². The molecule has 14 heavy (non-hydrogen) atoms. The summed E-state index contributed by atoms with van der Waals surface area (Å²) in [5.74, 6) is -0.348. The molecule has 0 aliphatic heterocycles. The summed E-state index contributed by atoms with van der Waals surface area (Å²) in [6.45, 7) is 0.846. The summed E-state index contributed by atoms with van der Waals surface area (Å²) in [7, 11) is 0. The fourth-order valence-corrected chi connectivity index (χ4v) is 1.01. The first-order chi connectivity index (χ1) is 6.46. The summed E-state index contributed by atoms with van der Waals surface area (Å²) in [6.07, 6.45) is 2.65. The van der Waals surface area contributed by atoms with Gasteiger partial charge >= 0.3 is 5.95 Å². The highest BCUT2D eigenvalue weighted by molar-refractivity contribution is 5.07. The van der Waals surface area contributed by atoms with Crippen molar-refractivity contribution in [3.63, 3.8) is 0 Å². The van der Waals surface area contributed by atoms with Crippen LogP contribution in [0.5, 0.6) is 0 Å². The van der Waals surface area contributed by atoms with Crippen LogP contribution in [0.2, 0.25) is 0 Å². The van der Waals surface area contributed by atoms with E-state index in [2.05, 4.69) is 4.98 Å². The maximum atomic E-state index is 10.4. The summed E-state index contributed by atoms with van der Waals surface area (Å²) >= 11 is 0. The summed E-state index contributed by atoms with van der Waals surface area (Å²) in [4.78, 5) is 13.3. The van der Waals surface area contributed by atoms with Crippen LogP contribution in [0.3, 0.4) is 0 Å². The van der Waals surface area contributed by atoms with Crippen LogP contribution in [0, 0.1) is 10.1 Å². The highest BCUT2D eigenvalue weighted by atomic mass is 16.6. The zero-order valence-electron chi connectivity index (χ0n) is 7.62. The van der Waals surface area contributed by atoms with E-state index in [1.807, 2.05) is 0 Å². The number of aliphatic hydroxyl groups is 2. The second-order valence-corrected chi connectivity index (χ2v) is 3.27. The van der Waals surface area contributed by atoms with E-state index in [0.717, 1.165) is 0 Å². The minimum atomic E-state index is -1.38. The van der Waals surface area contributed by atoms with Crippen LogP contribution in [0.25, 0.3) is 0 Å². The lowest BCUT2D eigenvalue weighted by molar-refractivity contribution is -0.397. The van der Waals surface area contributed by atoms with Gasteiger partial charge in [0, 0.05) is 0 Å². The minimum Gasteiger partial charge on any atom is -0.393 e. The van der Waals surface area contributed by atoms with Crippen molar-refractivity contribution in [1.82, 2.24) is 9.55 Å². The van der Waals surface area contributed by atoms with E-state index >= 15 is 0 Å². The van der Waals surface area contributed by atoms with E-state index in [4.69, 9.17) is 5.11 Å². The lowest BCUT2D eigenvalue weighted by atomic mass is 10.1. The van der Waals surface area contributed by atoms with Crippen molar-refractivity contribution in [3.8, 4) is 0 Å². The van der Waals surface area contributed by atoms with Crippen molar-refractivity contribution in [3.05, 3.63) is 22.5 Å². The molecule has 0 amide bonds. The zero-order chi connectivity index (χ0) is 10.8. The molecular weight excluding hydrogens is 190 g/mol. The Labute approximate surface area is 79.8 Å². The van der Waals surface area contributed by atoms with E-state index in [1.165, 1.54) is 23.9 Å².